The molecule has 1 aliphatic rings. The SMILES string of the molecule is CN(CCNS(C)(=O)=O)C1CNC1.Cl. The largest absolute Gasteiger partial charge is 0.314 e. The van der Waals surface area contributed by atoms with E-state index in [9.17, 15) is 8.42 Å². The van der Waals surface area contributed by atoms with Gasteiger partial charge in [-0.2, -0.15) is 0 Å². The normalized spacial score (nSPS) is 17.6. The van der Waals surface area contributed by atoms with Crippen LogP contribution in [0.1, 0.15) is 0 Å². The first kappa shape index (κ1) is 14.1. The molecular formula is C7H18ClN3O2S. The maximum atomic E-state index is 10.7. The van der Waals surface area contributed by atoms with Gasteiger partial charge in [0.15, 0.2) is 0 Å². The number of nitrogens with zero attached hydrogens (tertiary/aromatic N) is 1. The van der Waals surface area contributed by atoms with Crippen molar-refractivity contribution in [2.24, 2.45) is 0 Å². The fraction of sp³-hybridized carbons (Fsp3) is 1.00. The monoisotopic (exact) mass is 243 g/mol. The molecule has 0 aliphatic carbocycles. The number of hydrogen-bond acceptors (Lipinski definition) is 4. The Labute approximate surface area is 91.7 Å². The maximum Gasteiger partial charge on any atom is 0.208 e. The number of rotatable bonds is 5. The molecule has 1 rings (SSSR count). The fourth-order valence-electron chi connectivity index (χ4n) is 1.18. The number of hydrogen-bond donors (Lipinski definition) is 2. The van der Waals surface area contributed by atoms with E-state index in [4.69, 9.17) is 0 Å². The van der Waals surface area contributed by atoms with Crippen LogP contribution in [-0.2, 0) is 10.0 Å². The summed E-state index contributed by atoms with van der Waals surface area (Å²) in [6.07, 6.45) is 1.18. The third-order valence-corrected chi connectivity index (χ3v) is 2.94. The third-order valence-electron chi connectivity index (χ3n) is 2.21. The molecule has 1 heterocycles. The Hall–Kier alpha value is 0.120. The van der Waals surface area contributed by atoms with Gasteiger partial charge in [0.25, 0.3) is 0 Å². The Morgan fingerprint density at radius 1 is 1.50 bits per heavy atom. The Bertz CT molecular complexity index is 254. The van der Waals surface area contributed by atoms with E-state index in [1.54, 1.807) is 0 Å². The van der Waals surface area contributed by atoms with Crippen LogP contribution in [0.25, 0.3) is 0 Å². The molecule has 2 N–H and O–H groups in total. The van der Waals surface area contributed by atoms with Crippen molar-refractivity contribution < 1.29 is 8.42 Å². The van der Waals surface area contributed by atoms with Crippen molar-refractivity contribution in [3.05, 3.63) is 0 Å². The summed E-state index contributed by atoms with van der Waals surface area (Å²) >= 11 is 0. The molecule has 0 amide bonds. The van der Waals surface area contributed by atoms with E-state index >= 15 is 0 Å². The van der Waals surface area contributed by atoms with Crippen LogP contribution >= 0.6 is 12.4 Å². The zero-order chi connectivity index (χ0) is 9.90. The molecular weight excluding hydrogens is 226 g/mol. The van der Waals surface area contributed by atoms with Crippen molar-refractivity contribution in [3.8, 4) is 0 Å². The van der Waals surface area contributed by atoms with Gasteiger partial charge in [0.1, 0.15) is 0 Å². The Morgan fingerprint density at radius 2 is 2.07 bits per heavy atom. The first-order valence-electron chi connectivity index (χ1n) is 4.34. The minimum Gasteiger partial charge on any atom is -0.314 e. The molecule has 0 aromatic heterocycles. The van der Waals surface area contributed by atoms with E-state index in [-0.39, 0.29) is 12.4 Å². The number of likely N-dealkylation sites (N-methyl/N-ethyl adjacent to an activating group) is 1. The first-order valence-corrected chi connectivity index (χ1v) is 6.24. The van der Waals surface area contributed by atoms with E-state index < -0.39 is 10.0 Å². The number of sulfonamides is 1. The summed E-state index contributed by atoms with van der Waals surface area (Å²) in [5.74, 6) is 0. The van der Waals surface area contributed by atoms with Gasteiger partial charge in [0, 0.05) is 32.2 Å². The Balaban J connectivity index is 0.00000169. The summed E-state index contributed by atoms with van der Waals surface area (Å²) in [7, 11) is -1.02. The third kappa shape index (κ3) is 5.11. The van der Waals surface area contributed by atoms with Gasteiger partial charge in [-0.15, -0.1) is 12.4 Å². The van der Waals surface area contributed by atoms with Crippen LogP contribution in [0, 0.1) is 0 Å². The molecule has 0 aromatic carbocycles. The van der Waals surface area contributed by atoms with Gasteiger partial charge in [-0.05, 0) is 7.05 Å². The van der Waals surface area contributed by atoms with Gasteiger partial charge in [0.05, 0.1) is 6.26 Å². The maximum absolute atomic E-state index is 10.7. The molecule has 1 saturated heterocycles. The Morgan fingerprint density at radius 3 is 2.43 bits per heavy atom. The first-order chi connectivity index (χ1) is 5.99. The van der Waals surface area contributed by atoms with E-state index in [0.29, 0.717) is 12.6 Å². The lowest BCUT2D eigenvalue weighted by molar-refractivity contribution is 0.183. The molecule has 0 aromatic rings. The second kappa shape index (κ2) is 5.87. The molecule has 0 radical (unpaired) electrons. The smallest absolute Gasteiger partial charge is 0.208 e. The van der Waals surface area contributed by atoms with Crippen LogP contribution in [0.2, 0.25) is 0 Å². The molecule has 7 heteroatoms. The molecule has 5 nitrogen and oxygen atoms in total. The molecule has 0 atom stereocenters. The van der Waals surface area contributed by atoms with Gasteiger partial charge in [-0.25, -0.2) is 13.1 Å². The molecule has 86 valence electrons. The van der Waals surface area contributed by atoms with Crippen molar-refractivity contribution in [3.63, 3.8) is 0 Å². The average molecular weight is 244 g/mol. The van der Waals surface area contributed by atoms with E-state index in [2.05, 4.69) is 14.9 Å². The van der Waals surface area contributed by atoms with Crippen LogP contribution in [0.4, 0.5) is 0 Å². The second-order valence-corrected chi connectivity index (χ2v) is 5.29. The quantitative estimate of drug-likeness (QED) is 0.641. The van der Waals surface area contributed by atoms with Crippen molar-refractivity contribution in [2.75, 3.05) is 39.5 Å². The van der Waals surface area contributed by atoms with Crippen LogP contribution in [0.3, 0.4) is 0 Å². The predicted molar refractivity (Wildman–Crippen MR) is 59.4 cm³/mol. The lowest BCUT2D eigenvalue weighted by Crippen LogP contribution is -2.56. The fourth-order valence-corrected chi connectivity index (χ4v) is 1.64. The highest BCUT2D eigenvalue weighted by atomic mass is 35.5. The van der Waals surface area contributed by atoms with Crippen LogP contribution in [0.5, 0.6) is 0 Å². The summed E-state index contributed by atoms with van der Waals surface area (Å²) < 4.78 is 23.9. The molecule has 1 aliphatic heterocycles. The highest BCUT2D eigenvalue weighted by molar-refractivity contribution is 7.88. The number of halogens is 1. The topological polar surface area (TPSA) is 61.4 Å². The predicted octanol–water partition coefficient (Wildman–Crippen LogP) is -1.14. The summed E-state index contributed by atoms with van der Waals surface area (Å²) in [5, 5.41) is 3.17. The van der Waals surface area contributed by atoms with Gasteiger partial charge in [0.2, 0.25) is 10.0 Å². The van der Waals surface area contributed by atoms with Gasteiger partial charge >= 0.3 is 0 Å². The van der Waals surface area contributed by atoms with Crippen LogP contribution in [0.15, 0.2) is 0 Å². The average Bonchev–Trinajstić information content (AvgIpc) is 1.79. The zero-order valence-corrected chi connectivity index (χ0v) is 10.1. The van der Waals surface area contributed by atoms with Crippen LogP contribution < -0.4 is 10.0 Å². The summed E-state index contributed by atoms with van der Waals surface area (Å²) in [6.45, 7) is 3.27. The van der Waals surface area contributed by atoms with E-state index in [1.165, 1.54) is 6.26 Å². The molecule has 0 spiro atoms. The van der Waals surface area contributed by atoms with Crippen molar-refractivity contribution >= 4 is 22.4 Å². The highest BCUT2D eigenvalue weighted by Crippen LogP contribution is 2.00. The number of nitrogens with one attached hydrogen (secondary N) is 2. The van der Waals surface area contributed by atoms with Crippen molar-refractivity contribution in [1.82, 2.24) is 14.9 Å². The Kier molecular flexibility index (Phi) is 5.92. The molecule has 0 unspecified atom stereocenters. The summed E-state index contributed by atoms with van der Waals surface area (Å²) in [5.41, 5.74) is 0. The molecule has 1 fully saturated rings. The minimum atomic E-state index is -3.03. The minimum absolute atomic E-state index is 0. The van der Waals surface area contributed by atoms with Gasteiger partial charge in [-0.1, -0.05) is 0 Å². The molecule has 0 saturated carbocycles. The zero-order valence-electron chi connectivity index (χ0n) is 8.49. The van der Waals surface area contributed by atoms with Crippen molar-refractivity contribution in [1.29, 1.82) is 0 Å². The standard InChI is InChI=1S/C7H17N3O2S.ClH/c1-10(7-5-8-6-7)4-3-9-13(2,11)12;/h7-9H,3-6H2,1-2H3;1H. The lowest BCUT2D eigenvalue weighted by Gasteiger charge is -2.35. The van der Waals surface area contributed by atoms with Crippen molar-refractivity contribution in [2.45, 2.75) is 6.04 Å². The lowest BCUT2D eigenvalue weighted by atomic mass is 10.1. The summed E-state index contributed by atoms with van der Waals surface area (Å²) in [4.78, 5) is 2.16. The highest BCUT2D eigenvalue weighted by Gasteiger charge is 2.20. The van der Waals surface area contributed by atoms with E-state index in [1.807, 2.05) is 7.05 Å². The van der Waals surface area contributed by atoms with Gasteiger partial charge < -0.3 is 5.32 Å². The molecule has 14 heavy (non-hydrogen) atoms. The van der Waals surface area contributed by atoms with E-state index in [0.717, 1.165) is 19.6 Å². The molecule has 0 bridgehead atoms. The van der Waals surface area contributed by atoms with Gasteiger partial charge in [-0.3, -0.25) is 4.90 Å². The second-order valence-electron chi connectivity index (χ2n) is 3.46. The van der Waals surface area contributed by atoms with Crippen LogP contribution in [-0.4, -0.2) is 58.8 Å². The summed E-state index contributed by atoms with van der Waals surface area (Å²) in [6, 6.07) is 0.571.